The summed E-state index contributed by atoms with van der Waals surface area (Å²) in [5, 5.41) is 4.40. The Balaban J connectivity index is 1.94. The first-order valence-corrected chi connectivity index (χ1v) is 6.70. The van der Waals surface area contributed by atoms with Crippen molar-refractivity contribution in [1.82, 2.24) is 4.98 Å². The highest BCUT2D eigenvalue weighted by molar-refractivity contribution is 7.15. The molecule has 1 aromatic carbocycles. The van der Waals surface area contributed by atoms with Crippen LogP contribution in [-0.2, 0) is 6.42 Å². The predicted octanol–water partition coefficient (Wildman–Crippen LogP) is 3.72. The van der Waals surface area contributed by atoms with Gasteiger partial charge in [-0.05, 0) is 43.9 Å². The van der Waals surface area contributed by atoms with E-state index in [1.54, 1.807) is 11.3 Å². The van der Waals surface area contributed by atoms with Crippen LogP contribution in [0.4, 0.5) is 5.13 Å². The van der Waals surface area contributed by atoms with E-state index in [9.17, 15) is 0 Å². The van der Waals surface area contributed by atoms with Crippen molar-refractivity contribution in [3.05, 3.63) is 46.0 Å². The van der Waals surface area contributed by atoms with Crippen molar-refractivity contribution in [2.75, 3.05) is 11.9 Å². The summed E-state index contributed by atoms with van der Waals surface area (Å²) in [7, 11) is 0. The highest BCUT2D eigenvalue weighted by Crippen LogP contribution is 2.17. The van der Waals surface area contributed by atoms with Crippen molar-refractivity contribution >= 4 is 16.5 Å². The van der Waals surface area contributed by atoms with Crippen LogP contribution in [0.25, 0.3) is 0 Å². The second-order valence-corrected chi connectivity index (χ2v) is 5.56. The summed E-state index contributed by atoms with van der Waals surface area (Å²) in [6.45, 7) is 7.37. The second kappa shape index (κ2) is 5.32. The molecule has 17 heavy (non-hydrogen) atoms. The third kappa shape index (κ3) is 3.07. The van der Waals surface area contributed by atoms with Gasteiger partial charge >= 0.3 is 0 Å². The Morgan fingerprint density at radius 3 is 2.47 bits per heavy atom. The molecule has 2 rings (SSSR count). The maximum absolute atomic E-state index is 4.30. The predicted molar refractivity (Wildman–Crippen MR) is 75.0 cm³/mol. The first-order valence-electron chi connectivity index (χ1n) is 5.88. The fourth-order valence-electron chi connectivity index (χ4n) is 1.97. The zero-order valence-corrected chi connectivity index (χ0v) is 11.4. The van der Waals surface area contributed by atoms with Crippen molar-refractivity contribution < 1.29 is 0 Å². The van der Waals surface area contributed by atoms with Gasteiger partial charge in [-0.3, -0.25) is 0 Å². The number of aromatic nitrogens is 1. The minimum absolute atomic E-state index is 0.943. The Bertz CT molecular complexity index is 482. The molecule has 0 saturated heterocycles. The van der Waals surface area contributed by atoms with Crippen LogP contribution in [0, 0.1) is 20.8 Å². The van der Waals surface area contributed by atoms with Crippen molar-refractivity contribution in [1.29, 1.82) is 0 Å². The van der Waals surface area contributed by atoms with Crippen LogP contribution >= 0.6 is 11.3 Å². The van der Waals surface area contributed by atoms with Crippen molar-refractivity contribution in [3.8, 4) is 0 Å². The molecular formula is C14H18N2S. The number of thiazole rings is 1. The third-order valence-corrected chi connectivity index (χ3v) is 3.79. The van der Waals surface area contributed by atoms with E-state index in [-0.39, 0.29) is 0 Å². The lowest BCUT2D eigenvalue weighted by molar-refractivity contribution is 0.987. The third-order valence-electron chi connectivity index (χ3n) is 2.92. The number of nitrogens with zero attached hydrogens (tertiary/aromatic N) is 1. The minimum atomic E-state index is 0.943. The molecule has 1 N–H and O–H groups in total. The van der Waals surface area contributed by atoms with Crippen LogP contribution in [0.15, 0.2) is 24.4 Å². The molecule has 1 aromatic heterocycles. The Hall–Kier alpha value is -1.35. The molecular weight excluding hydrogens is 228 g/mol. The molecule has 0 fully saturated rings. The van der Waals surface area contributed by atoms with E-state index in [0.29, 0.717) is 0 Å². The summed E-state index contributed by atoms with van der Waals surface area (Å²) in [4.78, 5) is 5.55. The number of aryl methyl sites for hydroxylation is 3. The normalized spacial score (nSPS) is 10.5. The summed E-state index contributed by atoms with van der Waals surface area (Å²) in [5.74, 6) is 0. The van der Waals surface area contributed by atoms with Gasteiger partial charge in [0, 0.05) is 17.6 Å². The van der Waals surface area contributed by atoms with Crippen molar-refractivity contribution in [3.63, 3.8) is 0 Å². The molecule has 2 nitrogen and oxygen atoms in total. The number of nitrogens with one attached hydrogen (secondary N) is 1. The fourth-order valence-corrected chi connectivity index (χ4v) is 2.66. The summed E-state index contributed by atoms with van der Waals surface area (Å²) >= 11 is 1.71. The van der Waals surface area contributed by atoms with Crippen LogP contribution in [0.5, 0.6) is 0 Å². The molecule has 0 spiro atoms. The first-order chi connectivity index (χ1) is 8.16. The Morgan fingerprint density at radius 1 is 1.18 bits per heavy atom. The van der Waals surface area contributed by atoms with Gasteiger partial charge in [0.1, 0.15) is 0 Å². The maximum atomic E-state index is 4.30. The van der Waals surface area contributed by atoms with E-state index in [2.05, 4.69) is 49.3 Å². The minimum Gasteiger partial charge on any atom is -0.361 e. The molecule has 0 saturated carbocycles. The van der Waals surface area contributed by atoms with E-state index >= 15 is 0 Å². The molecule has 0 aliphatic heterocycles. The highest BCUT2D eigenvalue weighted by atomic mass is 32.1. The van der Waals surface area contributed by atoms with Gasteiger partial charge in [-0.25, -0.2) is 4.98 Å². The second-order valence-electron chi connectivity index (χ2n) is 4.32. The van der Waals surface area contributed by atoms with Gasteiger partial charge in [0.2, 0.25) is 0 Å². The standard InChI is InChI=1S/C14H18N2S/c1-10-5-4-6-11(2)13(10)7-8-15-14-16-9-12(3)17-14/h4-6,9H,7-8H2,1-3H3,(H,15,16). The molecule has 1 heterocycles. The lowest BCUT2D eigenvalue weighted by Gasteiger charge is -2.09. The largest absolute Gasteiger partial charge is 0.361 e. The summed E-state index contributed by atoms with van der Waals surface area (Å²) in [6, 6.07) is 6.47. The van der Waals surface area contributed by atoms with Crippen LogP contribution in [0.3, 0.4) is 0 Å². The molecule has 90 valence electrons. The Labute approximate surface area is 107 Å². The van der Waals surface area contributed by atoms with Crippen LogP contribution in [0.2, 0.25) is 0 Å². The molecule has 0 amide bonds. The smallest absolute Gasteiger partial charge is 0.182 e. The van der Waals surface area contributed by atoms with Crippen LogP contribution in [-0.4, -0.2) is 11.5 Å². The van der Waals surface area contributed by atoms with E-state index < -0.39 is 0 Å². The topological polar surface area (TPSA) is 24.9 Å². The molecule has 3 heteroatoms. The SMILES string of the molecule is Cc1cnc(NCCc2c(C)cccc2C)s1. The number of hydrogen-bond donors (Lipinski definition) is 1. The zero-order valence-electron chi connectivity index (χ0n) is 10.6. The monoisotopic (exact) mass is 246 g/mol. The van der Waals surface area contributed by atoms with Crippen molar-refractivity contribution in [2.24, 2.45) is 0 Å². The summed E-state index contributed by atoms with van der Waals surface area (Å²) in [5.41, 5.74) is 4.21. The highest BCUT2D eigenvalue weighted by Gasteiger charge is 2.02. The van der Waals surface area contributed by atoms with Crippen LogP contribution < -0.4 is 5.32 Å². The summed E-state index contributed by atoms with van der Waals surface area (Å²) in [6.07, 6.45) is 2.96. The summed E-state index contributed by atoms with van der Waals surface area (Å²) < 4.78 is 0. The molecule has 0 bridgehead atoms. The number of hydrogen-bond acceptors (Lipinski definition) is 3. The number of anilines is 1. The number of rotatable bonds is 4. The Kier molecular flexibility index (Phi) is 3.79. The molecule has 2 aromatic rings. The zero-order chi connectivity index (χ0) is 12.3. The average molecular weight is 246 g/mol. The molecule has 0 aliphatic carbocycles. The van der Waals surface area contributed by atoms with Gasteiger partial charge < -0.3 is 5.32 Å². The molecule has 0 radical (unpaired) electrons. The van der Waals surface area contributed by atoms with Gasteiger partial charge in [0.25, 0.3) is 0 Å². The molecule has 0 aliphatic rings. The van der Waals surface area contributed by atoms with E-state index in [4.69, 9.17) is 0 Å². The van der Waals surface area contributed by atoms with Gasteiger partial charge in [0.15, 0.2) is 5.13 Å². The first kappa shape index (κ1) is 12.1. The molecule has 0 unspecified atom stereocenters. The maximum Gasteiger partial charge on any atom is 0.182 e. The number of benzene rings is 1. The lowest BCUT2D eigenvalue weighted by Crippen LogP contribution is -2.06. The van der Waals surface area contributed by atoms with Gasteiger partial charge in [-0.15, -0.1) is 11.3 Å². The Morgan fingerprint density at radius 2 is 1.88 bits per heavy atom. The van der Waals surface area contributed by atoms with Crippen molar-refractivity contribution in [2.45, 2.75) is 27.2 Å². The quantitative estimate of drug-likeness (QED) is 0.889. The van der Waals surface area contributed by atoms with Crippen LogP contribution in [0.1, 0.15) is 21.6 Å². The van der Waals surface area contributed by atoms with E-state index in [1.807, 2.05) is 6.20 Å². The van der Waals surface area contributed by atoms with E-state index in [0.717, 1.165) is 18.1 Å². The van der Waals surface area contributed by atoms with Gasteiger partial charge in [-0.1, -0.05) is 18.2 Å². The average Bonchev–Trinajstić information content (AvgIpc) is 2.69. The lowest BCUT2D eigenvalue weighted by atomic mass is 10.0. The fraction of sp³-hybridized carbons (Fsp3) is 0.357. The van der Waals surface area contributed by atoms with E-state index in [1.165, 1.54) is 21.6 Å². The van der Waals surface area contributed by atoms with Gasteiger partial charge in [0.05, 0.1) is 0 Å². The van der Waals surface area contributed by atoms with Gasteiger partial charge in [-0.2, -0.15) is 0 Å². The molecule has 0 atom stereocenters.